The van der Waals surface area contributed by atoms with E-state index in [1.807, 2.05) is 4.90 Å². The smallest absolute Gasteiger partial charge is 0.109 e. The van der Waals surface area contributed by atoms with Crippen LogP contribution in [0.1, 0.15) is 46.0 Å². The molecule has 1 rings (SSSR count). The van der Waals surface area contributed by atoms with Crippen LogP contribution in [0.3, 0.4) is 0 Å². The largest absolute Gasteiger partial charge is 0.395 e. The van der Waals surface area contributed by atoms with E-state index >= 15 is 0 Å². The van der Waals surface area contributed by atoms with Gasteiger partial charge in [0, 0.05) is 6.54 Å². The molecule has 1 fully saturated rings. The highest BCUT2D eigenvalue weighted by atomic mass is 16.4. The monoisotopic (exact) mass is 289 g/mol. The molecule has 0 spiro atoms. The van der Waals surface area contributed by atoms with Gasteiger partial charge in [-0.05, 0) is 18.9 Å². The van der Waals surface area contributed by atoms with Gasteiger partial charge in [0.1, 0.15) is 12.2 Å². The third-order valence-corrected chi connectivity index (χ3v) is 4.19. The summed E-state index contributed by atoms with van der Waals surface area (Å²) in [6, 6.07) is -0.468. The molecule has 20 heavy (non-hydrogen) atoms. The first kappa shape index (κ1) is 17.9. The Balaban J connectivity index is 2.27. The molecule has 120 valence electrons. The SMILES string of the molecule is CC(C)CCCCCCN1CC(O)C(O)C(O)C1CO. The number of aliphatic hydroxyl groups is 4. The number of hydrogen-bond donors (Lipinski definition) is 4. The van der Waals surface area contributed by atoms with Crippen molar-refractivity contribution in [3.63, 3.8) is 0 Å². The van der Waals surface area contributed by atoms with Gasteiger partial charge in [0.25, 0.3) is 0 Å². The molecule has 5 nitrogen and oxygen atoms in total. The number of likely N-dealkylation sites (tertiary alicyclic amines) is 1. The summed E-state index contributed by atoms with van der Waals surface area (Å²) in [6.07, 6.45) is 2.63. The molecule has 0 aromatic carbocycles. The highest BCUT2D eigenvalue weighted by Gasteiger charge is 2.40. The lowest BCUT2D eigenvalue weighted by Gasteiger charge is -2.43. The third-order valence-electron chi connectivity index (χ3n) is 4.19. The lowest BCUT2D eigenvalue weighted by atomic mass is 9.94. The highest BCUT2D eigenvalue weighted by molar-refractivity contribution is 4.93. The fourth-order valence-corrected chi connectivity index (χ4v) is 2.86. The number of rotatable bonds is 8. The van der Waals surface area contributed by atoms with Gasteiger partial charge in [-0.2, -0.15) is 0 Å². The summed E-state index contributed by atoms with van der Waals surface area (Å²) in [5.41, 5.74) is 0. The number of nitrogens with zero attached hydrogens (tertiary/aromatic N) is 1. The van der Waals surface area contributed by atoms with Gasteiger partial charge in [-0.25, -0.2) is 0 Å². The average Bonchev–Trinajstić information content (AvgIpc) is 2.40. The van der Waals surface area contributed by atoms with E-state index in [1.165, 1.54) is 19.3 Å². The predicted octanol–water partition coefficient (Wildman–Crippen LogP) is 0.352. The predicted molar refractivity (Wildman–Crippen MR) is 78.4 cm³/mol. The highest BCUT2D eigenvalue weighted by Crippen LogP contribution is 2.20. The first-order valence-corrected chi connectivity index (χ1v) is 7.86. The summed E-state index contributed by atoms with van der Waals surface area (Å²) in [4.78, 5) is 1.89. The van der Waals surface area contributed by atoms with Crippen LogP contribution in [-0.2, 0) is 0 Å². The first-order chi connectivity index (χ1) is 9.47. The molecule has 4 atom stereocenters. The lowest BCUT2D eigenvalue weighted by molar-refractivity contribution is -0.145. The van der Waals surface area contributed by atoms with E-state index in [9.17, 15) is 20.4 Å². The Labute approximate surface area is 122 Å². The maximum Gasteiger partial charge on any atom is 0.109 e. The summed E-state index contributed by atoms with van der Waals surface area (Å²) in [7, 11) is 0. The number of β-amino-alcohol motifs (C(OH)–C–C–N with tert-alkyl or cyclic N) is 1. The number of piperidine rings is 1. The first-order valence-electron chi connectivity index (χ1n) is 7.86. The molecule has 0 bridgehead atoms. The van der Waals surface area contributed by atoms with Crippen molar-refractivity contribution in [3.05, 3.63) is 0 Å². The van der Waals surface area contributed by atoms with Crippen molar-refractivity contribution in [2.24, 2.45) is 5.92 Å². The Morgan fingerprint density at radius 1 is 1.00 bits per heavy atom. The van der Waals surface area contributed by atoms with Gasteiger partial charge >= 0.3 is 0 Å². The van der Waals surface area contributed by atoms with Crippen LogP contribution in [0.4, 0.5) is 0 Å². The molecule has 4 unspecified atom stereocenters. The van der Waals surface area contributed by atoms with E-state index < -0.39 is 24.4 Å². The van der Waals surface area contributed by atoms with Crippen LogP contribution in [0.5, 0.6) is 0 Å². The molecular weight excluding hydrogens is 258 g/mol. The van der Waals surface area contributed by atoms with Crippen molar-refractivity contribution in [2.75, 3.05) is 19.7 Å². The molecule has 1 saturated heterocycles. The Morgan fingerprint density at radius 3 is 2.25 bits per heavy atom. The average molecular weight is 289 g/mol. The molecule has 5 heteroatoms. The molecule has 0 aliphatic carbocycles. The van der Waals surface area contributed by atoms with E-state index in [0.29, 0.717) is 6.54 Å². The Hall–Kier alpha value is -0.200. The number of unbranched alkanes of at least 4 members (excludes halogenated alkanes) is 3. The molecule has 0 aromatic heterocycles. The van der Waals surface area contributed by atoms with Crippen LogP contribution < -0.4 is 0 Å². The Kier molecular flexibility index (Phi) is 7.99. The quantitative estimate of drug-likeness (QED) is 0.485. The van der Waals surface area contributed by atoms with Gasteiger partial charge in [0.15, 0.2) is 0 Å². The zero-order chi connectivity index (χ0) is 15.1. The second kappa shape index (κ2) is 8.95. The van der Waals surface area contributed by atoms with E-state index in [2.05, 4.69) is 13.8 Å². The molecule has 1 aliphatic rings. The van der Waals surface area contributed by atoms with Gasteiger partial charge in [0.05, 0.1) is 18.8 Å². The second-order valence-corrected chi connectivity index (χ2v) is 6.39. The van der Waals surface area contributed by atoms with E-state index in [-0.39, 0.29) is 6.61 Å². The van der Waals surface area contributed by atoms with Crippen LogP contribution in [0.2, 0.25) is 0 Å². The molecule has 0 amide bonds. The fourth-order valence-electron chi connectivity index (χ4n) is 2.86. The maximum absolute atomic E-state index is 9.87. The summed E-state index contributed by atoms with van der Waals surface area (Å²) in [6.45, 7) is 5.32. The molecular formula is C15H31NO4. The summed E-state index contributed by atoms with van der Waals surface area (Å²) in [5.74, 6) is 0.752. The van der Waals surface area contributed by atoms with Crippen LogP contribution in [0.25, 0.3) is 0 Å². The molecule has 0 radical (unpaired) electrons. The zero-order valence-corrected chi connectivity index (χ0v) is 12.8. The van der Waals surface area contributed by atoms with Gasteiger partial charge in [-0.3, -0.25) is 4.90 Å². The molecule has 4 N–H and O–H groups in total. The normalized spacial score (nSPS) is 31.9. The minimum Gasteiger partial charge on any atom is -0.395 e. The molecule has 0 saturated carbocycles. The van der Waals surface area contributed by atoms with Gasteiger partial charge in [0.2, 0.25) is 0 Å². The van der Waals surface area contributed by atoms with Crippen LogP contribution in [0, 0.1) is 5.92 Å². The minimum atomic E-state index is -1.16. The number of aliphatic hydroxyl groups excluding tert-OH is 4. The van der Waals surface area contributed by atoms with Gasteiger partial charge in [-0.1, -0.05) is 39.5 Å². The topological polar surface area (TPSA) is 84.2 Å². The fraction of sp³-hybridized carbons (Fsp3) is 1.00. The van der Waals surface area contributed by atoms with Gasteiger partial charge in [-0.15, -0.1) is 0 Å². The molecule has 1 aliphatic heterocycles. The van der Waals surface area contributed by atoms with E-state index in [1.54, 1.807) is 0 Å². The standard InChI is InChI=1S/C15H31NO4/c1-11(2)7-5-3-4-6-8-16-9-13(18)15(20)14(19)12(16)10-17/h11-15,17-20H,3-10H2,1-2H3. The number of hydrogen-bond acceptors (Lipinski definition) is 5. The van der Waals surface area contributed by atoms with Gasteiger partial charge < -0.3 is 20.4 Å². The van der Waals surface area contributed by atoms with E-state index in [4.69, 9.17) is 0 Å². The van der Waals surface area contributed by atoms with Crippen molar-refractivity contribution >= 4 is 0 Å². The summed E-state index contributed by atoms with van der Waals surface area (Å²) in [5, 5.41) is 38.5. The third kappa shape index (κ3) is 5.30. The Bertz CT molecular complexity index is 262. The van der Waals surface area contributed by atoms with Crippen molar-refractivity contribution in [1.29, 1.82) is 0 Å². The summed E-state index contributed by atoms with van der Waals surface area (Å²) < 4.78 is 0. The maximum atomic E-state index is 9.87. The lowest BCUT2D eigenvalue weighted by Crippen LogP contribution is -2.62. The Morgan fingerprint density at radius 2 is 1.65 bits per heavy atom. The van der Waals surface area contributed by atoms with Crippen LogP contribution in [0.15, 0.2) is 0 Å². The molecule has 1 heterocycles. The van der Waals surface area contributed by atoms with Crippen molar-refractivity contribution < 1.29 is 20.4 Å². The summed E-state index contributed by atoms with van der Waals surface area (Å²) >= 11 is 0. The van der Waals surface area contributed by atoms with Crippen LogP contribution >= 0.6 is 0 Å². The van der Waals surface area contributed by atoms with E-state index in [0.717, 1.165) is 25.3 Å². The van der Waals surface area contributed by atoms with Crippen molar-refractivity contribution in [1.82, 2.24) is 4.90 Å². The second-order valence-electron chi connectivity index (χ2n) is 6.39. The molecule has 0 aromatic rings. The van der Waals surface area contributed by atoms with Crippen molar-refractivity contribution in [3.8, 4) is 0 Å². The van der Waals surface area contributed by atoms with Crippen LogP contribution in [-0.4, -0.2) is 69.4 Å². The minimum absolute atomic E-state index is 0.196. The van der Waals surface area contributed by atoms with Crippen molar-refractivity contribution in [2.45, 2.75) is 70.3 Å². The zero-order valence-electron chi connectivity index (χ0n) is 12.8.